The van der Waals surface area contributed by atoms with E-state index < -0.39 is 10.2 Å². The highest BCUT2D eigenvalue weighted by Gasteiger charge is 2.36. The molecule has 2 saturated heterocycles. The first-order chi connectivity index (χ1) is 9.80. The second-order valence-corrected chi connectivity index (χ2v) is 7.72. The zero-order valence-corrected chi connectivity index (χ0v) is 14.6. The molecule has 22 heavy (non-hydrogen) atoms. The maximum Gasteiger partial charge on any atom is 0.276 e. The zero-order valence-electron chi connectivity index (χ0n) is 13.0. The first-order valence-corrected chi connectivity index (χ1v) is 9.15. The predicted molar refractivity (Wildman–Crippen MR) is 87.7 cm³/mol. The number of halogens is 1. The zero-order chi connectivity index (χ0) is 15.6. The van der Waals surface area contributed by atoms with Crippen molar-refractivity contribution in [3.05, 3.63) is 0 Å². The predicted octanol–water partition coefficient (Wildman–Crippen LogP) is 0.0520. The summed E-state index contributed by atoms with van der Waals surface area (Å²) in [6.45, 7) is 3.36. The number of hydrogen-bond acceptors (Lipinski definition) is 4. The van der Waals surface area contributed by atoms with Crippen molar-refractivity contribution in [1.82, 2.24) is 9.21 Å². The maximum absolute atomic E-state index is 12.7. The van der Waals surface area contributed by atoms with Gasteiger partial charge in [0.2, 0.25) is 5.91 Å². The van der Waals surface area contributed by atoms with Gasteiger partial charge in [0, 0.05) is 37.6 Å². The van der Waals surface area contributed by atoms with Crippen molar-refractivity contribution in [2.45, 2.75) is 51.1 Å². The van der Waals surface area contributed by atoms with Crippen LogP contribution < -0.4 is 10.9 Å². The SMILES string of the molecule is CC(N)C1CCCCN1C(=O)C1CCN(S(N)(=O)=O)CC1.Cl. The Morgan fingerprint density at radius 1 is 1.14 bits per heavy atom. The van der Waals surface area contributed by atoms with Crippen molar-refractivity contribution in [3.63, 3.8) is 0 Å². The minimum atomic E-state index is -3.64. The van der Waals surface area contributed by atoms with Gasteiger partial charge in [0.25, 0.3) is 10.2 Å². The van der Waals surface area contributed by atoms with Gasteiger partial charge in [0.15, 0.2) is 0 Å². The molecule has 2 atom stereocenters. The molecule has 4 N–H and O–H groups in total. The summed E-state index contributed by atoms with van der Waals surface area (Å²) in [5.41, 5.74) is 6.01. The molecule has 1 amide bonds. The molecule has 0 spiro atoms. The second kappa shape index (κ2) is 7.92. The average molecular weight is 355 g/mol. The van der Waals surface area contributed by atoms with Crippen LogP contribution in [0, 0.1) is 5.92 Å². The lowest BCUT2D eigenvalue weighted by atomic mass is 9.91. The average Bonchev–Trinajstić information content (AvgIpc) is 2.45. The highest BCUT2D eigenvalue weighted by Crippen LogP contribution is 2.26. The Bertz CT molecular complexity index is 478. The van der Waals surface area contributed by atoms with Crippen LogP contribution in [-0.4, -0.2) is 55.2 Å². The highest BCUT2D eigenvalue weighted by atomic mass is 35.5. The number of nitrogens with two attached hydrogens (primary N) is 2. The van der Waals surface area contributed by atoms with Crippen LogP contribution in [0.25, 0.3) is 0 Å². The second-order valence-electron chi connectivity index (χ2n) is 6.17. The van der Waals surface area contributed by atoms with Crippen LogP contribution in [0.5, 0.6) is 0 Å². The van der Waals surface area contributed by atoms with Crippen LogP contribution in [0.15, 0.2) is 0 Å². The molecule has 0 aromatic heterocycles. The lowest BCUT2D eigenvalue weighted by Gasteiger charge is -2.41. The van der Waals surface area contributed by atoms with Gasteiger partial charge in [0.1, 0.15) is 0 Å². The molecule has 2 fully saturated rings. The Hall–Kier alpha value is -0.410. The van der Waals surface area contributed by atoms with Crippen LogP contribution in [0.1, 0.15) is 39.0 Å². The lowest BCUT2D eigenvalue weighted by Crippen LogP contribution is -2.54. The van der Waals surface area contributed by atoms with Crippen molar-refractivity contribution < 1.29 is 13.2 Å². The van der Waals surface area contributed by atoms with E-state index in [-0.39, 0.29) is 36.3 Å². The van der Waals surface area contributed by atoms with E-state index in [0.717, 1.165) is 25.8 Å². The summed E-state index contributed by atoms with van der Waals surface area (Å²) in [5, 5.41) is 5.12. The highest BCUT2D eigenvalue weighted by molar-refractivity contribution is 7.86. The molecule has 130 valence electrons. The Labute approximate surface area is 139 Å². The molecule has 9 heteroatoms. The van der Waals surface area contributed by atoms with Gasteiger partial charge in [-0.1, -0.05) is 0 Å². The van der Waals surface area contributed by atoms with Crippen LogP contribution in [0.3, 0.4) is 0 Å². The summed E-state index contributed by atoms with van der Waals surface area (Å²) in [6, 6.07) is 0.0845. The largest absolute Gasteiger partial charge is 0.338 e. The fourth-order valence-corrected chi connectivity index (χ4v) is 4.09. The number of nitrogens with zero attached hydrogens (tertiary/aromatic N) is 2. The topological polar surface area (TPSA) is 110 Å². The van der Waals surface area contributed by atoms with E-state index in [0.29, 0.717) is 25.9 Å². The molecule has 0 saturated carbocycles. The van der Waals surface area contributed by atoms with Gasteiger partial charge >= 0.3 is 0 Å². The summed E-state index contributed by atoms with van der Waals surface area (Å²) < 4.78 is 23.8. The number of likely N-dealkylation sites (tertiary alicyclic amines) is 1. The monoisotopic (exact) mass is 354 g/mol. The number of amides is 1. The molecular weight excluding hydrogens is 328 g/mol. The van der Waals surface area contributed by atoms with Crippen LogP contribution in [0.4, 0.5) is 0 Å². The summed E-state index contributed by atoms with van der Waals surface area (Å²) in [4.78, 5) is 14.6. The molecule has 2 aliphatic rings. The molecule has 2 unspecified atom stereocenters. The summed E-state index contributed by atoms with van der Waals surface area (Å²) in [7, 11) is -3.64. The minimum Gasteiger partial charge on any atom is -0.338 e. The number of piperidine rings is 2. The Morgan fingerprint density at radius 3 is 2.23 bits per heavy atom. The van der Waals surface area contributed by atoms with Gasteiger partial charge in [-0.05, 0) is 39.0 Å². The van der Waals surface area contributed by atoms with E-state index in [1.165, 1.54) is 4.31 Å². The van der Waals surface area contributed by atoms with Gasteiger partial charge < -0.3 is 10.6 Å². The van der Waals surface area contributed by atoms with E-state index in [2.05, 4.69) is 0 Å². The van der Waals surface area contributed by atoms with E-state index in [1.807, 2.05) is 11.8 Å². The third-order valence-corrected chi connectivity index (χ3v) is 5.69. The van der Waals surface area contributed by atoms with E-state index >= 15 is 0 Å². The third-order valence-electron chi connectivity index (χ3n) is 4.60. The summed E-state index contributed by atoms with van der Waals surface area (Å²) >= 11 is 0. The normalized spacial score (nSPS) is 26.3. The fourth-order valence-electron chi connectivity index (χ4n) is 3.37. The third kappa shape index (κ3) is 4.55. The fraction of sp³-hybridized carbons (Fsp3) is 0.923. The maximum atomic E-state index is 12.7. The minimum absolute atomic E-state index is 0. The van der Waals surface area contributed by atoms with Gasteiger partial charge in [-0.2, -0.15) is 12.7 Å². The van der Waals surface area contributed by atoms with Crippen molar-refractivity contribution >= 4 is 28.5 Å². The molecule has 0 aromatic carbocycles. The lowest BCUT2D eigenvalue weighted by molar-refractivity contribution is -0.141. The van der Waals surface area contributed by atoms with Crippen molar-refractivity contribution in [1.29, 1.82) is 0 Å². The van der Waals surface area contributed by atoms with Gasteiger partial charge in [-0.3, -0.25) is 4.79 Å². The number of rotatable bonds is 3. The van der Waals surface area contributed by atoms with Gasteiger partial charge in [-0.15, -0.1) is 12.4 Å². The number of carbonyl (C=O) groups is 1. The first kappa shape index (κ1) is 19.6. The number of carbonyl (C=O) groups excluding carboxylic acids is 1. The smallest absolute Gasteiger partial charge is 0.276 e. The Morgan fingerprint density at radius 2 is 1.73 bits per heavy atom. The molecule has 2 heterocycles. The van der Waals surface area contributed by atoms with Crippen molar-refractivity contribution in [3.8, 4) is 0 Å². The molecule has 2 rings (SSSR count). The van der Waals surface area contributed by atoms with Crippen LogP contribution >= 0.6 is 12.4 Å². The molecule has 0 bridgehead atoms. The molecule has 7 nitrogen and oxygen atoms in total. The first-order valence-electron chi connectivity index (χ1n) is 7.64. The molecule has 0 radical (unpaired) electrons. The molecule has 0 aliphatic carbocycles. The quantitative estimate of drug-likeness (QED) is 0.746. The van der Waals surface area contributed by atoms with E-state index in [4.69, 9.17) is 10.9 Å². The summed E-state index contributed by atoms with van der Waals surface area (Å²) in [5.74, 6) is 0.0217. The van der Waals surface area contributed by atoms with Crippen molar-refractivity contribution in [2.24, 2.45) is 16.8 Å². The van der Waals surface area contributed by atoms with E-state index in [1.54, 1.807) is 0 Å². The Kier molecular flexibility index (Phi) is 7.07. The summed E-state index contributed by atoms with van der Waals surface area (Å²) in [6.07, 6.45) is 4.17. The molecular formula is C13H27ClN4O3S. The standard InChI is InChI=1S/C13H26N4O3S.ClH/c1-10(14)12-4-2-3-7-17(12)13(18)11-5-8-16(9-6-11)21(15,19)20;/h10-12H,2-9,14H2,1H3,(H2,15,19,20);1H. The van der Waals surface area contributed by atoms with E-state index in [9.17, 15) is 13.2 Å². The van der Waals surface area contributed by atoms with Gasteiger partial charge in [-0.25, -0.2) is 5.14 Å². The van der Waals surface area contributed by atoms with Crippen molar-refractivity contribution in [2.75, 3.05) is 19.6 Å². The number of hydrogen-bond donors (Lipinski definition) is 2. The molecule has 2 aliphatic heterocycles. The van der Waals surface area contributed by atoms with Crippen LogP contribution in [-0.2, 0) is 15.0 Å². The molecule has 0 aromatic rings. The van der Waals surface area contributed by atoms with Gasteiger partial charge in [0.05, 0.1) is 0 Å². The van der Waals surface area contributed by atoms with Crippen LogP contribution in [0.2, 0.25) is 0 Å². The Balaban J connectivity index is 0.00000242.